The maximum absolute atomic E-state index is 13.3. The second kappa shape index (κ2) is 5.80. The molecule has 0 aliphatic heterocycles. The van der Waals surface area contributed by atoms with Crippen LogP contribution in [0.2, 0.25) is 5.02 Å². The second-order valence-electron chi connectivity index (χ2n) is 4.14. The SMILES string of the molecule is NNc1nc(COc2ccc(Cl)c(F)c2)nc2sccc12. The van der Waals surface area contributed by atoms with Gasteiger partial charge in [0.1, 0.15) is 23.0 Å². The monoisotopic (exact) mass is 324 g/mol. The maximum atomic E-state index is 13.3. The molecule has 0 fully saturated rings. The molecule has 2 heterocycles. The number of benzene rings is 1. The van der Waals surface area contributed by atoms with Crippen molar-refractivity contribution in [2.24, 2.45) is 5.84 Å². The van der Waals surface area contributed by atoms with Gasteiger partial charge >= 0.3 is 0 Å². The van der Waals surface area contributed by atoms with Gasteiger partial charge in [-0.05, 0) is 23.6 Å². The number of fused-ring (bicyclic) bond motifs is 1. The van der Waals surface area contributed by atoms with Crippen LogP contribution in [0.3, 0.4) is 0 Å². The van der Waals surface area contributed by atoms with E-state index in [-0.39, 0.29) is 11.6 Å². The zero-order chi connectivity index (χ0) is 14.8. The summed E-state index contributed by atoms with van der Waals surface area (Å²) < 4.78 is 18.8. The molecule has 3 rings (SSSR count). The highest BCUT2D eigenvalue weighted by Crippen LogP contribution is 2.25. The van der Waals surface area contributed by atoms with Crippen molar-refractivity contribution in [3.8, 4) is 5.75 Å². The fourth-order valence-electron chi connectivity index (χ4n) is 1.79. The smallest absolute Gasteiger partial charge is 0.169 e. The standard InChI is InChI=1S/C13H10ClFN4OS/c14-9-2-1-7(5-10(9)15)20-6-11-17-12(19-16)8-3-4-21-13(8)18-11/h1-5H,6,16H2,(H,17,18,19). The molecule has 0 aliphatic rings. The molecule has 21 heavy (non-hydrogen) atoms. The van der Waals surface area contributed by atoms with Gasteiger partial charge in [0, 0.05) is 6.07 Å². The summed E-state index contributed by atoms with van der Waals surface area (Å²) in [5.41, 5.74) is 2.53. The summed E-state index contributed by atoms with van der Waals surface area (Å²) in [5.74, 6) is 6.25. The highest BCUT2D eigenvalue weighted by atomic mass is 35.5. The molecular formula is C13H10ClFN4OS. The van der Waals surface area contributed by atoms with Gasteiger partial charge in [-0.3, -0.25) is 0 Å². The number of anilines is 1. The summed E-state index contributed by atoms with van der Waals surface area (Å²) in [6.45, 7) is 0.101. The Balaban J connectivity index is 1.82. The molecule has 1 aromatic carbocycles. The first-order chi connectivity index (χ1) is 10.2. The lowest BCUT2D eigenvalue weighted by atomic mass is 10.3. The largest absolute Gasteiger partial charge is 0.486 e. The van der Waals surface area contributed by atoms with E-state index in [9.17, 15) is 4.39 Å². The molecule has 0 atom stereocenters. The van der Waals surface area contributed by atoms with Crippen LogP contribution >= 0.6 is 22.9 Å². The highest BCUT2D eigenvalue weighted by Gasteiger charge is 2.09. The zero-order valence-electron chi connectivity index (χ0n) is 10.6. The van der Waals surface area contributed by atoms with Crippen molar-refractivity contribution in [2.45, 2.75) is 6.61 Å². The van der Waals surface area contributed by atoms with E-state index in [0.29, 0.717) is 17.4 Å². The average molecular weight is 325 g/mol. The van der Waals surface area contributed by atoms with Gasteiger partial charge in [0.05, 0.1) is 10.4 Å². The lowest BCUT2D eigenvalue weighted by Gasteiger charge is -2.08. The van der Waals surface area contributed by atoms with Gasteiger partial charge in [0.25, 0.3) is 0 Å². The Morgan fingerprint density at radius 1 is 1.33 bits per heavy atom. The molecule has 0 bridgehead atoms. The Morgan fingerprint density at radius 3 is 2.95 bits per heavy atom. The van der Waals surface area contributed by atoms with Gasteiger partial charge < -0.3 is 10.2 Å². The van der Waals surface area contributed by atoms with Crippen LogP contribution in [-0.4, -0.2) is 9.97 Å². The summed E-state index contributed by atoms with van der Waals surface area (Å²) in [6.07, 6.45) is 0. The van der Waals surface area contributed by atoms with E-state index >= 15 is 0 Å². The molecule has 0 radical (unpaired) electrons. The molecule has 5 nitrogen and oxygen atoms in total. The zero-order valence-corrected chi connectivity index (χ0v) is 12.2. The molecule has 0 saturated carbocycles. The van der Waals surface area contributed by atoms with Crippen LogP contribution in [0.25, 0.3) is 10.2 Å². The Kier molecular flexibility index (Phi) is 3.87. The van der Waals surface area contributed by atoms with Crippen LogP contribution in [0.4, 0.5) is 10.2 Å². The van der Waals surface area contributed by atoms with E-state index in [1.165, 1.54) is 23.5 Å². The van der Waals surface area contributed by atoms with Crippen LogP contribution in [0.5, 0.6) is 5.75 Å². The number of hydrogen-bond acceptors (Lipinski definition) is 6. The lowest BCUT2D eigenvalue weighted by Crippen LogP contribution is -2.11. The van der Waals surface area contributed by atoms with Crippen molar-refractivity contribution < 1.29 is 9.13 Å². The average Bonchev–Trinajstić information content (AvgIpc) is 2.96. The summed E-state index contributed by atoms with van der Waals surface area (Å²) >= 11 is 7.09. The van der Waals surface area contributed by atoms with Gasteiger partial charge in [0.2, 0.25) is 0 Å². The Bertz CT molecular complexity index is 795. The first-order valence-corrected chi connectivity index (χ1v) is 7.21. The van der Waals surface area contributed by atoms with E-state index in [4.69, 9.17) is 22.2 Å². The number of nitrogens with zero attached hydrogens (tertiary/aromatic N) is 2. The predicted octanol–water partition coefficient (Wildman–Crippen LogP) is 3.35. The second-order valence-corrected chi connectivity index (χ2v) is 5.44. The maximum Gasteiger partial charge on any atom is 0.169 e. The van der Waals surface area contributed by atoms with E-state index in [1.54, 1.807) is 6.07 Å². The first-order valence-electron chi connectivity index (χ1n) is 5.96. The summed E-state index contributed by atoms with van der Waals surface area (Å²) in [7, 11) is 0. The number of aromatic nitrogens is 2. The van der Waals surface area contributed by atoms with Crippen molar-refractivity contribution >= 4 is 39.0 Å². The normalized spacial score (nSPS) is 10.8. The molecule has 3 N–H and O–H groups in total. The summed E-state index contributed by atoms with van der Waals surface area (Å²) in [6, 6.07) is 6.11. The number of rotatable bonds is 4. The van der Waals surface area contributed by atoms with E-state index in [2.05, 4.69) is 15.4 Å². The van der Waals surface area contributed by atoms with E-state index in [1.807, 2.05) is 11.4 Å². The number of ether oxygens (including phenoxy) is 1. The van der Waals surface area contributed by atoms with Crippen LogP contribution in [-0.2, 0) is 6.61 Å². The molecule has 0 spiro atoms. The van der Waals surface area contributed by atoms with Crippen molar-refractivity contribution in [2.75, 3.05) is 5.43 Å². The highest BCUT2D eigenvalue weighted by molar-refractivity contribution is 7.16. The number of nitrogens with two attached hydrogens (primary N) is 1. The third-order valence-electron chi connectivity index (χ3n) is 2.77. The van der Waals surface area contributed by atoms with Crippen molar-refractivity contribution in [1.29, 1.82) is 0 Å². The number of nitrogen functional groups attached to an aromatic ring is 1. The van der Waals surface area contributed by atoms with Crippen molar-refractivity contribution in [1.82, 2.24) is 9.97 Å². The summed E-state index contributed by atoms with van der Waals surface area (Å²) in [5, 5.41) is 2.80. The first kappa shape index (κ1) is 14.0. The number of halogens is 2. The number of thiophene rings is 1. The topological polar surface area (TPSA) is 73.1 Å². The minimum absolute atomic E-state index is 0.0493. The van der Waals surface area contributed by atoms with Crippen LogP contribution < -0.4 is 16.0 Å². The number of nitrogens with one attached hydrogen (secondary N) is 1. The lowest BCUT2D eigenvalue weighted by molar-refractivity contribution is 0.295. The Morgan fingerprint density at radius 2 is 2.19 bits per heavy atom. The molecule has 108 valence electrons. The predicted molar refractivity (Wildman–Crippen MR) is 81.0 cm³/mol. The van der Waals surface area contributed by atoms with E-state index < -0.39 is 5.82 Å². The molecule has 2 aromatic heterocycles. The minimum atomic E-state index is -0.534. The molecule has 8 heteroatoms. The van der Waals surface area contributed by atoms with Gasteiger partial charge in [-0.15, -0.1) is 11.3 Å². The van der Waals surface area contributed by atoms with Crippen LogP contribution in [0.1, 0.15) is 5.82 Å². The van der Waals surface area contributed by atoms with E-state index in [0.717, 1.165) is 10.2 Å². The quantitative estimate of drug-likeness (QED) is 0.569. The fourth-order valence-corrected chi connectivity index (χ4v) is 2.69. The third-order valence-corrected chi connectivity index (χ3v) is 3.88. The van der Waals surface area contributed by atoms with Crippen LogP contribution in [0.15, 0.2) is 29.6 Å². The van der Waals surface area contributed by atoms with Gasteiger partial charge in [0.15, 0.2) is 11.6 Å². The summed E-state index contributed by atoms with van der Waals surface area (Å²) in [4.78, 5) is 9.43. The molecule has 0 amide bonds. The fraction of sp³-hybridized carbons (Fsp3) is 0.0769. The van der Waals surface area contributed by atoms with Crippen molar-refractivity contribution in [3.63, 3.8) is 0 Å². The molecule has 3 aromatic rings. The van der Waals surface area contributed by atoms with Gasteiger partial charge in [-0.2, -0.15) is 0 Å². The van der Waals surface area contributed by atoms with Gasteiger partial charge in [-0.1, -0.05) is 11.6 Å². The van der Waals surface area contributed by atoms with Crippen LogP contribution in [0, 0.1) is 5.82 Å². The number of hydrazine groups is 1. The Hall–Kier alpha value is -1.96. The molecule has 0 saturated heterocycles. The third kappa shape index (κ3) is 2.90. The number of hydrogen-bond donors (Lipinski definition) is 2. The molecular weight excluding hydrogens is 315 g/mol. The minimum Gasteiger partial charge on any atom is -0.486 e. The molecule has 0 aliphatic carbocycles. The van der Waals surface area contributed by atoms with Gasteiger partial charge in [-0.25, -0.2) is 20.2 Å². The van der Waals surface area contributed by atoms with Crippen molar-refractivity contribution in [3.05, 3.63) is 46.3 Å². The molecule has 0 unspecified atom stereocenters. The Labute approximate surface area is 128 Å².